The fraction of sp³-hybridized carbons (Fsp3) is 0.292. The van der Waals surface area contributed by atoms with Crippen LogP contribution in [0.2, 0.25) is 0 Å². The highest BCUT2D eigenvalue weighted by molar-refractivity contribution is 7.13. The number of hydrogen-bond acceptors (Lipinski definition) is 10. The smallest absolute Gasteiger partial charge is 0.202 e. The second-order valence-corrected chi connectivity index (χ2v) is 9.24. The maximum Gasteiger partial charge on any atom is 0.202 e. The van der Waals surface area contributed by atoms with E-state index in [0.717, 1.165) is 0 Å². The van der Waals surface area contributed by atoms with Crippen molar-refractivity contribution in [1.29, 1.82) is 0 Å². The van der Waals surface area contributed by atoms with E-state index in [1.807, 2.05) is 6.92 Å². The van der Waals surface area contributed by atoms with Gasteiger partial charge in [0.05, 0.1) is 35.6 Å². The topological polar surface area (TPSA) is 149 Å². The van der Waals surface area contributed by atoms with Crippen LogP contribution in [0.3, 0.4) is 0 Å². The molecule has 2 atom stereocenters. The normalized spacial score (nSPS) is 21.0. The number of carbonyl (C=O) groups excluding carboxylic acids is 2. The van der Waals surface area contributed by atoms with E-state index < -0.39 is 34.8 Å². The maximum absolute atomic E-state index is 13.4. The Morgan fingerprint density at radius 2 is 1.91 bits per heavy atom. The van der Waals surface area contributed by atoms with Crippen LogP contribution in [0.15, 0.2) is 23.6 Å². The van der Waals surface area contributed by atoms with E-state index in [4.69, 9.17) is 4.74 Å². The van der Waals surface area contributed by atoms with Gasteiger partial charge in [0.15, 0.2) is 10.9 Å². The Morgan fingerprint density at radius 3 is 2.62 bits per heavy atom. The number of rotatable bonds is 4. The van der Waals surface area contributed by atoms with E-state index in [9.17, 15) is 30.0 Å². The summed E-state index contributed by atoms with van der Waals surface area (Å²) >= 11 is 1.29. The first-order valence-corrected chi connectivity index (χ1v) is 11.6. The van der Waals surface area contributed by atoms with Crippen LogP contribution in [-0.2, 0) is 12.0 Å². The molecular weight excluding hydrogens is 460 g/mol. The second-order valence-electron chi connectivity index (χ2n) is 8.38. The zero-order valence-electron chi connectivity index (χ0n) is 18.4. The first kappa shape index (κ1) is 22.3. The van der Waals surface area contributed by atoms with Crippen molar-refractivity contribution in [2.24, 2.45) is 0 Å². The lowest BCUT2D eigenvalue weighted by molar-refractivity contribution is -0.0307. The van der Waals surface area contributed by atoms with E-state index in [-0.39, 0.29) is 52.0 Å². The average molecular weight is 483 g/mol. The Morgan fingerprint density at radius 1 is 1.18 bits per heavy atom. The molecule has 176 valence electrons. The molecule has 0 bridgehead atoms. The van der Waals surface area contributed by atoms with E-state index in [0.29, 0.717) is 17.4 Å². The number of carbonyl (C=O) groups is 2. The number of aliphatic hydroxyl groups excluding tert-OH is 1. The van der Waals surface area contributed by atoms with Gasteiger partial charge < -0.3 is 30.5 Å². The Bertz CT molecular complexity index is 1370. The molecule has 0 amide bonds. The number of thiazole rings is 1. The van der Waals surface area contributed by atoms with Gasteiger partial charge in [-0.1, -0.05) is 12.1 Å². The SMILES string of the molecule is CCNc1nc([C@]2(O)Cc3c(O)c4c(c(O)c3[C@@H](O)C2)C(=O)c2c(OC)cccc2C4=O)cs1. The number of nitrogens with zero attached hydrogens (tertiary/aromatic N) is 1. The van der Waals surface area contributed by atoms with Gasteiger partial charge in [0.2, 0.25) is 5.78 Å². The summed E-state index contributed by atoms with van der Waals surface area (Å²) in [6.45, 7) is 2.55. The molecule has 0 radical (unpaired) electrons. The van der Waals surface area contributed by atoms with Crippen molar-refractivity contribution < 1.29 is 34.8 Å². The Labute approximate surface area is 198 Å². The number of nitrogens with one attached hydrogen (secondary N) is 1. The maximum atomic E-state index is 13.4. The number of aromatic nitrogens is 1. The molecule has 0 saturated carbocycles. The molecule has 5 rings (SSSR count). The molecule has 3 aromatic rings. The number of phenolic OH excluding ortho intramolecular Hbond substituents is 2. The summed E-state index contributed by atoms with van der Waals surface area (Å²) in [6, 6.07) is 4.52. The number of fused-ring (bicyclic) bond motifs is 3. The monoisotopic (exact) mass is 482 g/mol. The molecule has 0 aliphatic heterocycles. The summed E-state index contributed by atoms with van der Waals surface area (Å²) in [7, 11) is 1.36. The molecule has 0 unspecified atom stereocenters. The van der Waals surface area contributed by atoms with Crippen LogP contribution < -0.4 is 10.1 Å². The van der Waals surface area contributed by atoms with Crippen LogP contribution in [0.4, 0.5) is 5.13 Å². The highest BCUT2D eigenvalue weighted by Gasteiger charge is 2.47. The molecule has 5 N–H and O–H groups in total. The molecule has 10 heteroatoms. The van der Waals surface area contributed by atoms with Crippen molar-refractivity contribution in [2.45, 2.75) is 31.5 Å². The highest BCUT2D eigenvalue weighted by Crippen LogP contribution is 2.52. The molecule has 0 saturated heterocycles. The lowest BCUT2D eigenvalue weighted by Gasteiger charge is -2.37. The van der Waals surface area contributed by atoms with Crippen molar-refractivity contribution in [3.05, 3.63) is 62.7 Å². The average Bonchev–Trinajstić information content (AvgIpc) is 3.28. The van der Waals surface area contributed by atoms with E-state index in [1.165, 1.54) is 30.6 Å². The summed E-state index contributed by atoms with van der Waals surface area (Å²) in [5, 5.41) is 49.9. The van der Waals surface area contributed by atoms with Crippen LogP contribution in [0.5, 0.6) is 17.2 Å². The Balaban J connectivity index is 1.69. The third kappa shape index (κ3) is 3.03. The number of benzene rings is 2. The quantitative estimate of drug-likeness (QED) is 0.277. The van der Waals surface area contributed by atoms with Crippen molar-refractivity contribution in [3.8, 4) is 17.2 Å². The molecule has 2 aliphatic rings. The van der Waals surface area contributed by atoms with Gasteiger partial charge >= 0.3 is 0 Å². The summed E-state index contributed by atoms with van der Waals surface area (Å²) in [5.74, 6) is -2.33. The van der Waals surface area contributed by atoms with E-state index >= 15 is 0 Å². The molecule has 1 aromatic heterocycles. The van der Waals surface area contributed by atoms with Gasteiger partial charge in [-0.25, -0.2) is 4.98 Å². The van der Waals surface area contributed by atoms with Crippen LogP contribution in [-0.4, -0.2) is 50.6 Å². The van der Waals surface area contributed by atoms with Gasteiger partial charge in [0.25, 0.3) is 0 Å². The van der Waals surface area contributed by atoms with Crippen molar-refractivity contribution in [3.63, 3.8) is 0 Å². The third-order valence-electron chi connectivity index (χ3n) is 6.40. The van der Waals surface area contributed by atoms with Crippen LogP contribution in [0, 0.1) is 0 Å². The number of phenols is 2. The van der Waals surface area contributed by atoms with Crippen LogP contribution in [0.25, 0.3) is 0 Å². The fourth-order valence-electron chi connectivity index (χ4n) is 4.86. The highest BCUT2D eigenvalue weighted by atomic mass is 32.1. The van der Waals surface area contributed by atoms with Crippen molar-refractivity contribution in [2.75, 3.05) is 19.0 Å². The molecular formula is C24H22N2O7S. The number of anilines is 1. The first-order valence-electron chi connectivity index (χ1n) is 10.7. The lowest BCUT2D eigenvalue weighted by Crippen LogP contribution is -2.36. The third-order valence-corrected chi connectivity index (χ3v) is 7.20. The molecule has 0 fully saturated rings. The predicted octanol–water partition coefficient (Wildman–Crippen LogP) is 2.64. The minimum atomic E-state index is -1.66. The van der Waals surface area contributed by atoms with Crippen LogP contribution in [0.1, 0.15) is 68.1 Å². The van der Waals surface area contributed by atoms with Gasteiger partial charge in [-0.2, -0.15) is 0 Å². The number of ketones is 2. The van der Waals surface area contributed by atoms with Crippen molar-refractivity contribution >= 4 is 28.0 Å². The number of methoxy groups -OCH3 is 1. The number of aliphatic hydroxyl groups is 2. The number of aromatic hydroxyl groups is 2. The number of ether oxygens (including phenoxy) is 1. The van der Waals surface area contributed by atoms with Crippen molar-refractivity contribution in [1.82, 2.24) is 4.98 Å². The van der Waals surface area contributed by atoms with Gasteiger partial charge in [-0.3, -0.25) is 9.59 Å². The molecule has 34 heavy (non-hydrogen) atoms. The van der Waals surface area contributed by atoms with Gasteiger partial charge in [-0.15, -0.1) is 11.3 Å². The second kappa shape index (κ2) is 7.79. The minimum Gasteiger partial charge on any atom is -0.507 e. The van der Waals surface area contributed by atoms with Gasteiger partial charge in [-0.05, 0) is 13.0 Å². The molecule has 1 heterocycles. The molecule has 0 spiro atoms. The zero-order chi connectivity index (χ0) is 24.4. The van der Waals surface area contributed by atoms with Gasteiger partial charge in [0.1, 0.15) is 22.8 Å². The van der Waals surface area contributed by atoms with Crippen LogP contribution >= 0.6 is 11.3 Å². The molecule has 2 aliphatic carbocycles. The number of hydrogen-bond donors (Lipinski definition) is 5. The lowest BCUT2D eigenvalue weighted by atomic mass is 9.72. The molecule has 2 aromatic carbocycles. The Hall–Kier alpha value is -3.47. The fourth-order valence-corrected chi connectivity index (χ4v) is 5.73. The minimum absolute atomic E-state index is 0.00277. The summed E-state index contributed by atoms with van der Waals surface area (Å²) in [6.07, 6.45) is -1.85. The summed E-state index contributed by atoms with van der Waals surface area (Å²) < 4.78 is 5.24. The summed E-state index contributed by atoms with van der Waals surface area (Å²) in [4.78, 5) is 31.1. The van der Waals surface area contributed by atoms with Gasteiger partial charge in [0, 0.05) is 41.5 Å². The predicted molar refractivity (Wildman–Crippen MR) is 123 cm³/mol. The zero-order valence-corrected chi connectivity index (χ0v) is 19.2. The van der Waals surface area contributed by atoms with E-state index in [2.05, 4.69) is 10.3 Å². The Kier molecular flexibility index (Phi) is 5.12. The standard InChI is InChI=1S/C24H22N2O7S/c1-3-25-23-26-14(9-34-23)24(32)7-11-15(12(27)8-24)21(30)18-17(20(11)29)19(28)10-5-4-6-13(33-2)16(10)22(18)31/h4-6,9,12,27,29-30,32H,3,7-8H2,1-2H3,(H,25,26)/t12-,24-/m0/s1. The summed E-state index contributed by atoms with van der Waals surface area (Å²) in [5.41, 5.74) is -2.16. The first-order chi connectivity index (χ1) is 16.2. The van der Waals surface area contributed by atoms with E-state index in [1.54, 1.807) is 11.4 Å². The largest absolute Gasteiger partial charge is 0.507 e. The molecule has 9 nitrogen and oxygen atoms in total.